The summed E-state index contributed by atoms with van der Waals surface area (Å²) in [4.78, 5) is 16.7. The third-order valence-corrected chi connectivity index (χ3v) is 5.17. The fraction of sp³-hybridized carbons (Fsp3) is 0.192. The highest BCUT2D eigenvalue weighted by atomic mass is 16.5. The fourth-order valence-corrected chi connectivity index (χ4v) is 3.27. The average Bonchev–Trinajstić information content (AvgIpc) is 3.37. The lowest BCUT2D eigenvalue weighted by atomic mass is 10.1. The molecule has 0 aliphatic heterocycles. The molecular weight excluding hydrogens is 434 g/mol. The maximum Gasteiger partial charge on any atom is 0.258 e. The first-order valence-electron chi connectivity index (χ1n) is 10.7. The molecule has 0 unspecified atom stereocenters. The minimum absolute atomic E-state index is 0.121. The van der Waals surface area contributed by atoms with Gasteiger partial charge in [0.1, 0.15) is 17.2 Å². The monoisotopic (exact) mass is 459 g/mol. The summed E-state index contributed by atoms with van der Waals surface area (Å²) in [7, 11) is 3.17. The van der Waals surface area contributed by atoms with Gasteiger partial charge in [0.25, 0.3) is 11.8 Å². The van der Waals surface area contributed by atoms with Crippen molar-refractivity contribution >= 4 is 5.91 Å². The zero-order valence-electron chi connectivity index (χ0n) is 19.2. The first-order valence-corrected chi connectivity index (χ1v) is 10.7. The molecule has 1 aromatic heterocycles. The number of carbonyl (C=O) groups is 1. The topological polar surface area (TPSA) is 95.7 Å². The molecule has 1 N–H and O–H groups in total. The van der Waals surface area contributed by atoms with Crippen molar-refractivity contribution in [3.05, 3.63) is 77.9 Å². The van der Waals surface area contributed by atoms with Gasteiger partial charge in [0.05, 0.1) is 14.2 Å². The predicted molar refractivity (Wildman–Crippen MR) is 127 cm³/mol. The second-order valence-corrected chi connectivity index (χ2v) is 7.56. The van der Waals surface area contributed by atoms with E-state index in [1.54, 1.807) is 50.6 Å². The number of hydrogen-bond acceptors (Lipinski definition) is 7. The van der Waals surface area contributed by atoms with Gasteiger partial charge >= 0.3 is 0 Å². The van der Waals surface area contributed by atoms with Crippen LogP contribution in [0.15, 0.2) is 71.3 Å². The van der Waals surface area contributed by atoms with Crippen molar-refractivity contribution in [1.29, 1.82) is 0 Å². The van der Waals surface area contributed by atoms with Crippen LogP contribution in [-0.2, 0) is 11.3 Å². The number of carbonyl (C=O) groups excluding carboxylic acids is 1. The number of benzene rings is 3. The van der Waals surface area contributed by atoms with Crippen LogP contribution in [0.3, 0.4) is 0 Å². The molecule has 8 heteroatoms. The van der Waals surface area contributed by atoms with Gasteiger partial charge in [0.15, 0.2) is 6.61 Å². The summed E-state index contributed by atoms with van der Waals surface area (Å²) in [6, 6.07) is 20.4. The molecule has 0 spiro atoms. The summed E-state index contributed by atoms with van der Waals surface area (Å²) in [5, 5.41) is 6.88. The Morgan fingerprint density at radius 1 is 0.912 bits per heavy atom. The fourth-order valence-electron chi connectivity index (χ4n) is 3.27. The van der Waals surface area contributed by atoms with Crippen LogP contribution in [0.4, 0.5) is 0 Å². The summed E-state index contributed by atoms with van der Waals surface area (Å²) in [5.74, 6) is 2.59. The van der Waals surface area contributed by atoms with Gasteiger partial charge in [-0.15, -0.1) is 0 Å². The van der Waals surface area contributed by atoms with Crippen LogP contribution in [0, 0.1) is 6.92 Å². The standard InChI is InChI=1S/C26H25N3O5/c1-17-4-6-18(7-5-17)25-28-26(34-29-25)19-8-10-21(11-9-19)33-16-24(30)27-15-20-14-22(31-2)12-13-23(20)32-3/h4-14H,15-16H2,1-3H3,(H,27,30). The van der Waals surface area contributed by atoms with Crippen LogP contribution >= 0.6 is 0 Å². The molecule has 174 valence electrons. The Bertz CT molecular complexity index is 1250. The van der Waals surface area contributed by atoms with Crippen LogP contribution in [0.25, 0.3) is 22.8 Å². The number of aryl methyl sites for hydroxylation is 1. The molecule has 0 aliphatic rings. The summed E-state index contributed by atoms with van der Waals surface area (Å²) < 4.78 is 21.6. The zero-order valence-corrected chi connectivity index (χ0v) is 19.2. The van der Waals surface area contributed by atoms with Gasteiger partial charge in [0.2, 0.25) is 5.82 Å². The van der Waals surface area contributed by atoms with Crippen molar-refractivity contribution in [3.8, 4) is 40.1 Å². The second-order valence-electron chi connectivity index (χ2n) is 7.56. The summed E-state index contributed by atoms with van der Waals surface area (Å²) >= 11 is 0. The first kappa shape index (κ1) is 22.8. The maximum atomic E-state index is 12.2. The van der Waals surface area contributed by atoms with Gasteiger partial charge in [-0.3, -0.25) is 4.79 Å². The van der Waals surface area contributed by atoms with Crippen molar-refractivity contribution in [1.82, 2.24) is 15.5 Å². The van der Waals surface area contributed by atoms with Crippen LogP contribution < -0.4 is 19.5 Å². The normalized spacial score (nSPS) is 10.6. The number of amides is 1. The van der Waals surface area contributed by atoms with E-state index in [9.17, 15) is 4.79 Å². The summed E-state index contributed by atoms with van der Waals surface area (Å²) in [6.45, 7) is 2.20. The number of ether oxygens (including phenoxy) is 3. The second kappa shape index (κ2) is 10.5. The summed E-state index contributed by atoms with van der Waals surface area (Å²) in [6.07, 6.45) is 0. The Morgan fingerprint density at radius 3 is 2.32 bits per heavy atom. The average molecular weight is 460 g/mol. The first-order chi connectivity index (χ1) is 16.6. The molecule has 34 heavy (non-hydrogen) atoms. The van der Waals surface area contributed by atoms with E-state index in [0.29, 0.717) is 35.5 Å². The highest BCUT2D eigenvalue weighted by Crippen LogP contribution is 2.25. The smallest absolute Gasteiger partial charge is 0.258 e. The van der Waals surface area contributed by atoms with Gasteiger partial charge in [-0.1, -0.05) is 35.0 Å². The van der Waals surface area contributed by atoms with Crippen LogP contribution in [0.1, 0.15) is 11.1 Å². The highest BCUT2D eigenvalue weighted by molar-refractivity contribution is 5.77. The van der Waals surface area contributed by atoms with E-state index in [-0.39, 0.29) is 12.5 Å². The predicted octanol–water partition coefficient (Wildman–Crippen LogP) is 4.42. The van der Waals surface area contributed by atoms with Crippen molar-refractivity contribution in [2.45, 2.75) is 13.5 Å². The van der Waals surface area contributed by atoms with Crippen LogP contribution in [-0.4, -0.2) is 36.9 Å². The molecule has 0 bridgehead atoms. The quantitative estimate of drug-likeness (QED) is 0.396. The SMILES string of the molecule is COc1ccc(OC)c(CNC(=O)COc2ccc(-c3nc(-c4ccc(C)cc4)no3)cc2)c1. The lowest BCUT2D eigenvalue weighted by molar-refractivity contribution is -0.123. The van der Waals surface area contributed by atoms with E-state index in [0.717, 1.165) is 22.3 Å². The molecule has 0 saturated heterocycles. The highest BCUT2D eigenvalue weighted by Gasteiger charge is 2.12. The van der Waals surface area contributed by atoms with E-state index < -0.39 is 0 Å². The van der Waals surface area contributed by atoms with Gasteiger partial charge < -0.3 is 24.1 Å². The molecule has 0 aliphatic carbocycles. The Kier molecular flexibility index (Phi) is 7.07. The number of nitrogens with zero attached hydrogens (tertiary/aromatic N) is 2. The minimum Gasteiger partial charge on any atom is -0.497 e. The molecule has 0 atom stereocenters. The number of rotatable bonds is 9. The molecule has 1 amide bonds. The van der Waals surface area contributed by atoms with E-state index in [2.05, 4.69) is 15.5 Å². The number of hydrogen-bond donors (Lipinski definition) is 1. The van der Waals surface area contributed by atoms with E-state index in [1.807, 2.05) is 37.3 Å². The maximum absolute atomic E-state index is 12.2. The molecule has 8 nitrogen and oxygen atoms in total. The molecule has 1 heterocycles. The van der Waals surface area contributed by atoms with E-state index >= 15 is 0 Å². The molecule has 0 saturated carbocycles. The Labute approximate surface area is 197 Å². The Hall–Kier alpha value is -4.33. The Balaban J connectivity index is 1.31. The molecule has 4 rings (SSSR count). The summed E-state index contributed by atoms with van der Waals surface area (Å²) in [5.41, 5.74) is 3.62. The molecule has 3 aromatic carbocycles. The van der Waals surface area contributed by atoms with Gasteiger partial charge in [-0.2, -0.15) is 4.98 Å². The van der Waals surface area contributed by atoms with Crippen molar-refractivity contribution in [3.63, 3.8) is 0 Å². The third-order valence-electron chi connectivity index (χ3n) is 5.17. The molecule has 4 aromatic rings. The van der Waals surface area contributed by atoms with Gasteiger partial charge in [-0.25, -0.2) is 0 Å². The van der Waals surface area contributed by atoms with Crippen molar-refractivity contribution in [2.75, 3.05) is 20.8 Å². The third kappa shape index (κ3) is 5.53. The lowest BCUT2D eigenvalue weighted by Crippen LogP contribution is -2.28. The van der Waals surface area contributed by atoms with E-state index in [4.69, 9.17) is 18.7 Å². The Morgan fingerprint density at radius 2 is 1.62 bits per heavy atom. The number of aromatic nitrogens is 2. The molecule has 0 fully saturated rings. The molecule has 0 radical (unpaired) electrons. The largest absolute Gasteiger partial charge is 0.497 e. The van der Waals surface area contributed by atoms with Gasteiger partial charge in [-0.05, 0) is 49.4 Å². The van der Waals surface area contributed by atoms with Crippen LogP contribution in [0.2, 0.25) is 0 Å². The zero-order chi connectivity index (χ0) is 23.9. The van der Waals surface area contributed by atoms with Crippen molar-refractivity contribution < 1.29 is 23.5 Å². The number of methoxy groups -OCH3 is 2. The van der Waals surface area contributed by atoms with Crippen LogP contribution in [0.5, 0.6) is 17.2 Å². The lowest BCUT2D eigenvalue weighted by Gasteiger charge is -2.12. The molecular formula is C26H25N3O5. The van der Waals surface area contributed by atoms with Crippen molar-refractivity contribution in [2.24, 2.45) is 0 Å². The minimum atomic E-state index is -0.256. The van der Waals surface area contributed by atoms with Gasteiger partial charge in [0, 0.05) is 23.2 Å². The number of nitrogens with one attached hydrogen (secondary N) is 1. The van der Waals surface area contributed by atoms with E-state index in [1.165, 1.54) is 0 Å².